The Bertz CT molecular complexity index is 702. The van der Waals surface area contributed by atoms with Crippen molar-refractivity contribution >= 4 is 54.5 Å². The number of esters is 1. The van der Waals surface area contributed by atoms with Gasteiger partial charge in [-0.05, 0) is 31.5 Å². The molecule has 1 atom stereocenters. The molecule has 0 saturated heterocycles. The smallest absolute Gasteiger partial charge is 0.338 e. The van der Waals surface area contributed by atoms with Crippen LogP contribution >= 0.6 is 27.3 Å². The fraction of sp³-hybridized carbons (Fsp3) is 0.438. The molecule has 7 heteroatoms. The van der Waals surface area contributed by atoms with Crippen molar-refractivity contribution in [3.63, 3.8) is 0 Å². The van der Waals surface area contributed by atoms with Crippen LogP contribution in [0.1, 0.15) is 43.5 Å². The zero-order chi connectivity index (χ0) is 16.8. The van der Waals surface area contributed by atoms with Crippen LogP contribution in [0.2, 0.25) is 0 Å². The molecular formula is C16H19BrN2O3S. The first-order valence-electron chi connectivity index (χ1n) is 7.57. The van der Waals surface area contributed by atoms with E-state index in [0.717, 1.165) is 29.5 Å². The molecule has 1 N–H and O–H groups in total. The fourth-order valence-corrected chi connectivity index (χ4v) is 3.36. The van der Waals surface area contributed by atoms with Crippen molar-refractivity contribution in [1.29, 1.82) is 0 Å². The summed E-state index contributed by atoms with van der Waals surface area (Å²) in [4.78, 5) is 28.0. The molecule has 0 aliphatic rings. The quantitative estimate of drug-likeness (QED) is 0.555. The number of unbranched alkanes of at least 4 members (excludes halogenated alkanes) is 1. The van der Waals surface area contributed by atoms with Crippen LogP contribution in [0.25, 0.3) is 10.2 Å². The van der Waals surface area contributed by atoms with Gasteiger partial charge in [0.15, 0.2) is 5.13 Å². The van der Waals surface area contributed by atoms with Gasteiger partial charge in [0.1, 0.15) is 0 Å². The average molecular weight is 399 g/mol. The van der Waals surface area contributed by atoms with Crippen molar-refractivity contribution in [3.8, 4) is 0 Å². The number of carbonyl (C=O) groups excluding carboxylic acids is 2. The second kappa shape index (κ2) is 8.40. The minimum Gasteiger partial charge on any atom is -0.462 e. The van der Waals surface area contributed by atoms with Crippen LogP contribution in [0, 0.1) is 0 Å². The van der Waals surface area contributed by atoms with Gasteiger partial charge in [0.2, 0.25) is 5.91 Å². The lowest BCUT2D eigenvalue weighted by Gasteiger charge is -2.07. The first kappa shape index (κ1) is 17.9. The summed E-state index contributed by atoms with van der Waals surface area (Å²) in [6.45, 7) is 4.20. The van der Waals surface area contributed by atoms with E-state index in [0.29, 0.717) is 17.3 Å². The summed E-state index contributed by atoms with van der Waals surface area (Å²) < 4.78 is 5.82. The van der Waals surface area contributed by atoms with Gasteiger partial charge >= 0.3 is 5.97 Å². The third kappa shape index (κ3) is 4.75. The maximum absolute atomic E-state index is 12.1. The highest BCUT2D eigenvalue weighted by Crippen LogP contribution is 2.27. The maximum Gasteiger partial charge on any atom is 0.338 e. The highest BCUT2D eigenvalue weighted by Gasteiger charge is 2.16. The maximum atomic E-state index is 12.1. The molecule has 0 aliphatic carbocycles. The van der Waals surface area contributed by atoms with Gasteiger partial charge < -0.3 is 10.1 Å². The van der Waals surface area contributed by atoms with Gasteiger partial charge in [0.05, 0.1) is 27.2 Å². The van der Waals surface area contributed by atoms with E-state index < -0.39 is 0 Å². The standard InChI is InChI=1S/C16H19BrN2O3S/c1-3-5-6-11(17)14(20)19-16-18-12-8-7-10(9-13(12)23-16)15(21)22-4-2/h7-9,11H,3-6H2,1-2H3,(H,18,19,20)/t11-/m1/s1. The second-order valence-corrected chi connectivity index (χ2v) is 7.16. The van der Waals surface area contributed by atoms with Crippen LogP contribution in [-0.2, 0) is 9.53 Å². The number of alkyl halides is 1. The molecule has 0 saturated carbocycles. The molecule has 2 aromatic rings. The molecule has 1 heterocycles. The van der Waals surface area contributed by atoms with Gasteiger partial charge in [-0.3, -0.25) is 4.79 Å². The molecular weight excluding hydrogens is 380 g/mol. The number of amides is 1. The van der Waals surface area contributed by atoms with E-state index in [1.807, 2.05) is 0 Å². The Kier molecular flexibility index (Phi) is 6.53. The van der Waals surface area contributed by atoms with Crippen molar-refractivity contribution < 1.29 is 14.3 Å². The normalized spacial score (nSPS) is 12.1. The second-order valence-electron chi connectivity index (χ2n) is 5.02. The number of aromatic nitrogens is 1. The summed E-state index contributed by atoms with van der Waals surface area (Å²) in [5, 5.41) is 3.35. The van der Waals surface area contributed by atoms with Crippen molar-refractivity contribution in [2.45, 2.75) is 37.9 Å². The molecule has 1 amide bonds. The number of rotatable bonds is 7. The number of carbonyl (C=O) groups is 2. The molecule has 2 rings (SSSR count). The number of thiazole rings is 1. The predicted octanol–water partition coefficient (Wildman–Crippen LogP) is 4.37. The predicted molar refractivity (Wildman–Crippen MR) is 96.4 cm³/mol. The Morgan fingerprint density at radius 3 is 2.87 bits per heavy atom. The Morgan fingerprint density at radius 2 is 2.17 bits per heavy atom. The van der Waals surface area contributed by atoms with E-state index in [1.165, 1.54) is 11.3 Å². The summed E-state index contributed by atoms with van der Waals surface area (Å²) in [5.41, 5.74) is 1.24. The number of halogens is 1. The minimum absolute atomic E-state index is 0.0943. The van der Waals surface area contributed by atoms with Crippen LogP contribution in [0.4, 0.5) is 5.13 Å². The van der Waals surface area contributed by atoms with Crippen LogP contribution in [0.5, 0.6) is 0 Å². The van der Waals surface area contributed by atoms with E-state index in [1.54, 1.807) is 25.1 Å². The zero-order valence-electron chi connectivity index (χ0n) is 13.1. The highest BCUT2D eigenvalue weighted by molar-refractivity contribution is 9.10. The van der Waals surface area contributed by atoms with Crippen LogP contribution < -0.4 is 5.32 Å². The summed E-state index contributed by atoms with van der Waals surface area (Å²) in [6, 6.07) is 5.18. The van der Waals surface area contributed by atoms with Gasteiger partial charge in [-0.25, -0.2) is 9.78 Å². The fourth-order valence-electron chi connectivity index (χ4n) is 2.02. The van der Waals surface area contributed by atoms with E-state index >= 15 is 0 Å². The number of hydrogen-bond acceptors (Lipinski definition) is 5. The molecule has 0 bridgehead atoms. The Morgan fingerprint density at radius 1 is 1.39 bits per heavy atom. The molecule has 0 unspecified atom stereocenters. The van der Waals surface area contributed by atoms with Crippen molar-refractivity contribution in [3.05, 3.63) is 23.8 Å². The lowest BCUT2D eigenvalue weighted by molar-refractivity contribution is -0.115. The van der Waals surface area contributed by atoms with Crippen LogP contribution in [-0.4, -0.2) is 28.3 Å². The molecule has 5 nitrogen and oxygen atoms in total. The Labute approximate surface area is 147 Å². The molecule has 0 aliphatic heterocycles. The van der Waals surface area contributed by atoms with E-state index in [9.17, 15) is 9.59 Å². The minimum atomic E-state index is -0.353. The Balaban J connectivity index is 2.11. The van der Waals surface area contributed by atoms with Gasteiger partial charge in [-0.1, -0.05) is 47.0 Å². The summed E-state index contributed by atoms with van der Waals surface area (Å²) >= 11 is 4.74. The lowest BCUT2D eigenvalue weighted by atomic mass is 10.2. The van der Waals surface area contributed by atoms with Gasteiger partial charge in [0.25, 0.3) is 0 Å². The number of ether oxygens (including phenoxy) is 1. The van der Waals surface area contributed by atoms with E-state index in [2.05, 4.69) is 33.2 Å². The van der Waals surface area contributed by atoms with Gasteiger partial charge in [-0.2, -0.15) is 0 Å². The number of fused-ring (bicyclic) bond motifs is 1. The molecule has 0 spiro atoms. The summed E-state index contributed by atoms with van der Waals surface area (Å²) in [7, 11) is 0. The van der Waals surface area contributed by atoms with Gasteiger partial charge in [0, 0.05) is 0 Å². The first-order chi connectivity index (χ1) is 11.0. The van der Waals surface area contributed by atoms with Crippen LogP contribution in [0.15, 0.2) is 18.2 Å². The third-order valence-corrected chi connectivity index (χ3v) is 5.03. The molecule has 23 heavy (non-hydrogen) atoms. The molecule has 1 aromatic heterocycles. The summed E-state index contributed by atoms with van der Waals surface area (Å²) in [6.07, 6.45) is 2.83. The van der Waals surface area contributed by atoms with E-state index in [4.69, 9.17) is 4.74 Å². The topological polar surface area (TPSA) is 68.3 Å². The summed E-state index contributed by atoms with van der Waals surface area (Å²) in [5.74, 6) is -0.448. The number of nitrogens with zero attached hydrogens (tertiary/aromatic N) is 1. The number of benzene rings is 1. The number of hydrogen-bond donors (Lipinski definition) is 1. The SMILES string of the molecule is CCCC[C@@H](Br)C(=O)Nc1nc2ccc(C(=O)OCC)cc2s1. The molecule has 1 aromatic carbocycles. The highest BCUT2D eigenvalue weighted by atomic mass is 79.9. The molecule has 0 fully saturated rings. The Hall–Kier alpha value is -1.47. The number of anilines is 1. The van der Waals surface area contributed by atoms with Crippen molar-refractivity contribution in [2.75, 3.05) is 11.9 Å². The zero-order valence-corrected chi connectivity index (χ0v) is 15.5. The molecule has 124 valence electrons. The third-order valence-electron chi connectivity index (χ3n) is 3.23. The largest absolute Gasteiger partial charge is 0.462 e. The number of nitrogens with one attached hydrogen (secondary N) is 1. The average Bonchev–Trinajstić information content (AvgIpc) is 2.93. The van der Waals surface area contributed by atoms with Crippen LogP contribution in [0.3, 0.4) is 0 Å². The van der Waals surface area contributed by atoms with Gasteiger partial charge in [-0.15, -0.1) is 0 Å². The first-order valence-corrected chi connectivity index (χ1v) is 9.31. The molecule has 0 radical (unpaired) electrons. The van der Waals surface area contributed by atoms with E-state index in [-0.39, 0.29) is 16.7 Å². The van der Waals surface area contributed by atoms with Crippen molar-refractivity contribution in [2.24, 2.45) is 0 Å². The van der Waals surface area contributed by atoms with Crippen molar-refractivity contribution in [1.82, 2.24) is 4.98 Å². The lowest BCUT2D eigenvalue weighted by Crippen LogP contribution is -2.22. The monoisotopic (exact) mass is 398 g/mol.